The fourth-order valence-corrected chi connectivity index (χ4v) is 3.61. The summed E-state index contributed by atoms with van der Waals surface area (Å²) < 4.78 is 2.91. The molecule has 0 bridgehead atoms. The predicted octanol–water partition coefficient (Wildman–Crippen LogP) is 2.70. The standard InChI is InChI=1S/C22H21ClN6O3/c1-11-5-6-14(8-15(11)23)9-24-21(31)16-18(30)22(32)28(4)19(27-16)17-20-26-12(2)7-13(3)29(20)10-25-17/h5-8,10,30H,9H2,1-4H3,(H,24,31). The molecule has 9 nitrogen and oxygen atoms in total. The highest BCUT2D eigenvalue weighted by Crippen LogP contribution is 2.23. The van der Waals surface area contributed by atoms with Gasteiger partial charge >= 0.3 is 0 Å². The first-order valence-electron chi connectivity index (χ1n) is 9.82. The molecule has 10 heteroatoms. The van der Waals surface area contributed by atoms with Crippen LogP contribution in [0.3, 0.4) is 0 Å². The number of fused-ring (bicyclic) bond motifs is 1. The van der Waals surface area contributed by atoms with Crippen LogP contribution in [0.15, 0.2) is 35.4 Å². The summed E-state index contributed by atoms with van der Waals surface area (Å²) in [5.74, 6) is -1.31. The van der Waals surface area contributed by atoms with E-state index in [1.54, 1.807) is 16.8 Å². The zero-order valence-electron chi connectivity index (χ0n) is 18.0. The van der Waals surface area contributed by atoms with Crippen LogP contribution in [0, 0.1) is 20.8 Å². The van der Waals surface area contributed by atoms with Crippen LogP contribution in [-0.4, -0.2) is 34.9 Å². The van der Waals surface area contributed by atoms with Crippen molar-refractivity contribution in [2.24, 2.45) is 7.05 Å². The van der Waals surface area contributed by atoms with Crippen molar-refractivity contribution < 1.29 is 9.90 Å². The molecule has 0 aliphatic heterocycles. The van der Waals surface area contributed by atoms with Crippen LogP contribution in [0.25, 0.3) is 17.2 Å². The summed E-state index contributed by atoms with van der Waals surface area (Å²) in [5, 5.41) is 13.6. The Kier molecular flexibility index (Phi) is 5.43. The minimum atomic E-state index is -0.760. The molecule has 1 amide bonds. The maximum absolute atomic E-state index is 12.8. The van der Waals surface area contributed by atoms with Crippen molar-refractivity contribution in [3.8, 4) is 17.3 Å². The van der Waals surface area contributed by atoms with Gasteiger partial charge in [-0.05, 0) is 44.0 Å². The molecule has 0 spiro atoms. The van der Waals surface area contributed by atoms with Crippen LogP contribution >= 0.6 is 11.6 Å². The van der Waals surface area contributed by atoms with Crippen molar-refractivity contribution in [3.63, 3.8) is 0 Å². The van der Waals surface area contributed by atoms with Crippen molar-refractivity contribution >= 4 is 23.2 Å². The normalized spacial score (nSPS) is 11.2. The van der Waals surface area contributed by atoms with Gasteiger partial charge in [-0.15, -0.1) is 0 Å². The summed E-state index contributed by atoms with van der Waals surface area (Å²) in [5.41, 5.74) is 3.05. The summed E-state index contributed by atoms with van der Waals surface area (Å²) in [6.45, 7) is 5.79. The van der Waals surface area contributed by atoms with Gasteiger partial charge in [0, 0.05) is 30.0 Å². The van der Waals surface area contributed by atoms with Crippen molar-refractivity contribution in [1.29, 1.82) is 0 Å². The van der Waals surface area contributed by atoms with Gasteiger partial charge in [-0.25, -0.2) is 15.0 Å². The first kappa shape index (κ1) is 21.5. The molecule has 2 N–H and O–H groups in total. The summed E-state index contributed by atoms with van der Waals surface area (Å²) in [4.78, 5) is 38.6. The number of nitrogens with zero attached hydrogens (tertiary/aromatic N) is 5. The van der Waals surface area contributed by atoms with Gasteiger partial charge in [-0.2, -0.15) is 0 Å². The Labute approximate surface area is 188 Å². The zero-order valence-corrected chi connectivity index (χ0v) is 18.7. The second-order valence-corrected chi connectivity index (χ2v) is 8.00. The quantitative estimate of drug-likeness (QED) is 0.492. The number of aromatic nitrogens is 5. The lowest BCUT2D eigenvalue weighted by Crippen LogP contribution is -2.29. The van der Waals surface area contributed by atoms with E-state index in [2.05, 4.69) is 20.3 Å². The fraction of sp³-hybridized carbons (Fsp3) is 0.227. The van der Waals surface area contributed by atoms with Gasteiger partial charge in [-0.3, -0.25) is 18.6 Å². The minimum Gasteiger partial charge on any atom is -0.501 e. The molecule has 0 saturated heterocycles. The van der Waals surface area contributed by atoms with Gasteiger partial charge in [0.15, 0.2) is 22.9 Å². The third-order valence-electron chi connectivity index (χ3n) is 5.21. The number of aryl methyl sites for hydroxylation is 3. The molecule has 0 atom stereocenters. The first-order chi connectivity index (χ1) is 15.2. The van der Waals surface area contributed by atoms with Crippen LogP contribution in [0.5, 0.6) is 5.75 Å². The molecule has 32 heavy (non-hydrogen) atoms. The molecular weight excluding hydrogens is 432 g/mol. The van der Waals surface area contributed by atoms with Crippen molar-refractivity contribution in [2.45, 2.75) is 27.3 Å². The number of rotatable bonds is 4. The monoisotopic (exact) mass is 452 g/mol. The predicted molar refractivity (Wildman–Crippen MR) is 120 cm³/mol. The van der Waals surface area contributed by atoms with Crippen molar-refractivity contribution in [1.82, 2.24) is 29.2 Å². The number of halogens is 1. The number of amides is 1. The van der Waals surface area contributed by atoms with E-state index >= 15 is 0 Å². The van der Waals surface area contributed by atoms with E-state index in [9.17, 15) is 14.7 Å². The highest BCUT2D eigenvalue weighted by atomic mass is 35.5. The Morgan fingerprint density at radius 3 is 2.66 bits per heavy atom. The molecule has 4 aromatic rings. The second-order valence-electron chi connectivity index (χ2n) is 7.59. The van der Waals surface area contributed by atoms with Gasteiger partial charge in [0.05, 0.1) is 0 Å². The Morgan fingerprint density at radius 1 is 1.19 bits per heavy atom. The van der Waals surface area contributed by atoms with Gasteiger partial charge in [0.25, 0.3) is 11.5 Å². The summed E-state index contributed by atoms with van der Waals surface area (Å²) in [6, 6.07) is 7.32. The van der Waals surface area contributed by atoms with Gasteiger partial charge < -0.3 is 10.4 Å². The van der Waals surface area contributed by atoms with Crippen molar-refractivity contribution in [2.75, 3.05) is 0 Å². The molecular formula is C22H21ClN6O3. The zero-order chi connectivity index (χ0) is 23.2. The lowest BCUT2D eigenvalue weighted by Gasteiger charge is -2.11. The molecule has 164 valence electrons. The van der Waals surface area contributed by atoms with E-state index in [4.69, 9.17) is 11.6 Å². The molecule has 0 aliphatic carbocycles. The SMILES string of the molecule is Cc1cc(C)n2cnc(-c3nc(C(=O)NCc4ccc(C)c(Cl)c4)c(O)c(=O)n3C)c2n1. The maximum Gasteiger partial charge on any atom is 0.296 e. The van der Waals surface area contributed by atoms with Crippen LogP contribution in [-0.2, 0) is 13.6 Å². The number of hydrogen-bond donors (Lipinski definition) is 2. The van der Waals surface area contributed by atoms with Gasteiger partial charge in [-0.1, -0.05) is 23.7 Å². The third kappa shape index (κ3) is 3.71. The molecule has 0 fully saturated rings. The number of hydrogen-bond acceptors (Lipinski definition) is 6. The molecule has 0 unspecified atom stereocenters. The Bertz CT molecular complexity index is 1440. The summed E-state index contributed by atoms with van der Waals surface area (Å²) in [6.07, 6.45) is 1.58. The Balaban J connectivity index is 1.74. The van der Waals surface area contributed by atoms with Crippen LogP contribution in [0.1, 0.15) is 33.0 Å². The van der Waals surface area contributed by atoms with Crippen LogP contribution in [0.2, 0.25) is 5.02 Å². The van der Waals surface area contributed by atoms with E-state index < -0.39 is 17.2 Å². The van der Waals surface area contributed by atoms with E-state index in [1.807, 2.05) is 39.0 Å². The van der Waals surface area contributed by atoms with Crippen LogP contribution in [0.4, 0.5) is 0 Å². The smallest absolute Gasteiger partial charge is 0.296 e. The molecule has 3 heterocycles. The Morgan fingerprint density at radius 2 is 1.94 bits per heavy atom. The van der Waals surface area contributed by atoms with E-state index in [0.717, 1.165) is 27.1 Å². The first-order valence-corrected chi connectivity index (χ1v) is 10.2. The summed E-state index contributed by atoms with van der Waals surface area (Å²) in [7, 11) is 1.45. The number of nitrogens with one attached hydrogen (secondary N) is 1. The number of benzene rings is 1. The Hall–Kier alpha value is -3.72. The average Bonchev–Trinajstić information content (AvgIpc) is 3.17. The number of imidazole rings is 1. The second kappa shape index (κ2) is 8.08. The van der Waals surface area contributed by atoms with E-state index in [1.165, 1.54) is 7.05 Å². The van der Waals surface area contributed by atoms with Crippen LogP contribution < -0.4 is 10.9 Å². The summed E-state index contributed by atoms with van der Waals surface area (Å²) >= 11 is 6.13. The molecule has 0 aliphatic rings. The topological polar surface area (TPSA) is 114 Å². The van der Waals surface area contributed by atoms with Gasteiger partial charge in [0.2, 0.25) is 5.75 Å². The maximum atomic E-state index is 12.8. The molecule has 3 aromatic heterocycles. The third-order valence-corrected chi connectivity index (χ3v) is 5.61. The number of carbonyl (C=O) groups excluding carboxylic acids is 1. The minimum absolute atomic E-state index is 0.122. The van der Waals surface area contributed by atoms with Gasteiger partial charge in [0.1, 0.15) is 6.33 Å². The average molecular weight is 453 g/mol. The molecule has 1 aromatic carbocycles. The highest BCUT2D eigenvalue weighted by Gasteiger charge is 2.23. The fourth-order valence-electron chi connectivity index (χ4n) is 3.41. The van der Waals surface area contributed by atoms with Crippen molar-refractivity contribution in [3.05, 3.63) is 74.2 Å². The van der Waals surface area contributed by atoms with E-state index in [0.29, 0.717) is 16.4 Å². The lowest BCUT2D eigenvalue weighted by atomic mass is 10.1. The highest BCUT2D eigenvalue weighted by molar-refractivity contribution is 6.31. The number of carbonyl (C=O) groups is 1. The van der Waals surface area contributed by atoms with E-state index in [-0.39, 0.29) is 18.1 Å². The lowest BCUT2D eigenvalue weighted by molar-refractivity contribution is 0.0942. The molecule has 4 rings (SSSR count). The molecule has 0 radical (unpaired) electrons. The molecule has 0 saturated carbocycles. The number of aromatic hydroxyl groups is 1. The largest absolute Gasteiger partial charge is 0.501 e.